The Balaban J connectivity index is 2.26. The molecule has 1 aromatic rings. The van der Waals surface area contributed by atoms with Crippen molar-refractivity contribution in [3.05, 3.63) is 35.6 Å². The second kappa shape index (κ2) is 4.69. The van der Waals surface area contributed by atoms with Crippen LogP contribution < -0.4 is 5.73 Å². The van der Waals surface area contributed by atoms with Crippen LogP contribution in [-0.2, 0) is 10.2 Å². The highest BCUT2D eigenvalue weighted by molar-refractivity contribution is 5.87. The predicted octanol–water partition coefficient (Wildman–Crippen LogP) is 1.66. The first-order valence-electron chi connectivity index (χ1n) is 6.23. The monoisotopic (exact) mass is 250 g/mol. The molecule has 2 rings (SSSR count). The molecule has 0 unspecified atom stereocenters. The van der Waals surface area contributed by atoms with Gasteiger partial charge >= 0.3 is 0 Å². The van der Waals surface area contributed by atoms with Gasteiger partial charge in [0.05, 0.1) is 5.41 Å². The number of likely N-dealkylation sites (tertiary alicyclic amines) is 1. The number of benzene rings is 1. The van der Waals surface area contributed by atoms with Crippen LogP contribution in [0.25, 0.3) is 0 Å². The number of nitrogens with two attached hydrogens (primary N) is 1. The van der Waals surface area contributed by atoms with Crippen molar-refractivity contribution in [2.45, 2.75) is 31.7 Å². The van der Waals surface area contributed by atoms with Gasteiger partial charge in [-0.25, -0.2) is 4.39 Å². The third-order valence-corrected chi connectivity index (χ3v) is 3.59. The lowest BCUT2D eigenvalue weighted by molar-refractivity contribution is -0.135. The molecule has 1 aromatic carbocycles. The van der Waals surface area contributed by atoms with Crippen molar-refractivity contribution in [2.75, 3.05) is 13.1 Å². The summed E-state index contributed by atoms with van der Waals surface area (Å²) in [7, 11) is 0. The van der Waals surface area contributed by atoms with Gasteiger partial charge in [-0.2, -0.15) is 0 Å². The smallest absolute Gasteiger partial charge is 0.232 e. The van der Waals surface area contributed by atoms with Crippen LogP contribution in [0, 0.1) is 5.82 Å². The summed E-state index contributed by atoms with van der Waals surface area (Å²) >= 11 is 0. The van der Waals surface area contributed by atoms with Crippen LogP contribution in [0.2, 0.25) is 0 Å². The topological polar surface area (TPSA) is 46.3 Å². The molecular weight excluding hydrogens is 231 g/mol. The number of hydrogen-bond donors (Lipinski definition) is 1. The SMILES string of the molecule is CC(C)(C(=O)N1CC[C@@H](N)C1)c1ccccc1F. The van der Waals surface area contributed by atoms with E-state index in [0.717, 1.165) is 6.42 Å². The molecule has 0 saturated carbocycles. The molecule has 1 fully saturated rings. The summed E-state index contributed by atoms with van der Waals surface area (Å²) in [4.78, 5) is 14.2. The van der Waals surface area contributed by atoms with E-state index in [1.807, 2.05) is 0 Å². The molecular formula is C14H19FN2O. The largest absolute Gasteiger partial charge is 0.340 e. The van der Waals surface area contributed by atoms with Crippen LogP contribution >= 0.6 is 0 Å². The van der Waals surface area contributed by atoms with Crippen LogP contribution in [0.15, 0.2) is 24.3 Å². The van der Waals surface area contributed by atoms with Gasteiger partial charge in [-0.1, -0.05) is 18.2 Å². The number of carbonyl (C=O) groups is 1. The summed E-state index contributed by atoms with van der Waals surface area (Å²) < 4.78 is 13.8. The van der Waals surface area contributed by atoms with Crippen LogP contribution in [0.1, 0.15) is 25.8 Å². The van der Waals surface area contributed by atoms with Gasteiger partial charge in [-0.3, -0.25) is 4.79 Å². The molecule has 0 aromatic heterocycles. The van der Waals surface area contributed by atoms with Gasteiger partial charge in [0, 0.05) is 24.7 Å². The Morgan fingerprint density at radius 3 is 2.67 bits per heavy atom. The molecule has 0 bridgehead atoms. The minimum absolute atomic E-state index is 0.0466. The van der Waals surface area contributed by atoms with E-state index in [0.29, 0.717) is 18.7 Å². The second-order valence-electron chi connectivity index (χ2n) is 5.40. The highest BCUT2D eigenvalue weighted by Crippen LogP contribution is 2.29. The fraction of sp³-hybridized carbons (Fsp3) is 0.500. The van der Waals surface area contributed by atoms with Gasteiger partial charge in [0.15, 0.2) is 0 Å². The average Bonchev–Trinajstić information content (AvgIpc) is 2.75. The lowest BCUT2D eigenvalue weighted by Crippen LogP contribution is -2.43. The zero-order valence-electron chi connectivity index (χ0n) is 10.8. The van der Waals surface area contributed by atoms with Gasteiger partial charge in [0.2, 0.25) is 5.91 Å². The summed E-state index contributed by atoms with van der Waals surface area (Å²) in [6.07, 6.45) is 0.819. The lowest BCUT2D eigenvalue weighted by Gasteiger charge is -2.29. The van der Waals surface area contributed by atoms with Gasteiger partial charge < -0.3 is 10.6 Å². The third-order valence-electron chi connectivity index (χ3n) is 3.59. The van der Waals surface area contributed by atoms with Crippen molar-refractivity contribution in [3.8, 4) is 0 Å². The number of halogens is 1. The van der Waals surface area contributed by atoms with E-state index < -0.39 is 5.41 Å². The van der Waals surface area contributed by atoms with E-state index in [1.54, 1.807) is 36.9 Å². The zero-order chi connectivity index (χ0) is 13.3. The molecule has 98 valence electrons. The van der Waals surface area contributed by atoms with Crippen LogP contribution in [0.3, 0.4) is 0 Å². The first kappa shape index (κ1) is 13.0. The zero-order valence-corrected chi connectivity index (χ0v) is 10.8. The Labute approximate surface area is 107 Å². The van der Waals surface area contributed by atoms with Crippen LogP contribution in [0.5, 0.6) is 0 Å². The molecule has 0 radical (unpaired) electrons. The summed E-state index contributed by atoms with van der Waals surface area (Å²) in [6, 6.07) is 6.49. The first-order chi connectivity index (χ1) is 8.43. The Kier molecular flexibility index (Phi) is 3.39. The Bertz CT molecular complexity index is 459. The first-order valence-corrected chi connectivity index (χ1v) is 6.23. The molecule has 0 spiro atoms. The molecule has 1 saturated heterocycles. The standard InChI is InChI=1S/C14H19FN2O/c1-14(2,11-5-3-4-6-12(11)15)13(18)17-8-7-10(16)9-17/h3-6,10H,7-9,16H2,1-2H3/t10-/m1/s1. The van der Waals surface area contributed by atoms with E-state index in [1.165, 1.54) is 6.07 Å². The molecule has 1 aliphatic heterocycles. The van der Waals surface area contributed by atoms with Crippen molar-refractivity contribution in [3.63, 3.8) is 0 Å². The van der Waals surface area contributed by atoms with Crippen LogP contribution in [0.4, 0.5) is 4.39 Å². The second-order valence-corrected chi connectivity index (χ2v) is 5.40. The molecule has 2 N–H and O–H groups in total. The quantitative estimate of drug-likeness (QED) is 0.867. The maximum Gasteiger partial charge on any atom is 0.232 e. The van der Waals surface area contributed by atoms with Gasteiger partial charge in [-0.15, -0.1) is 0 Å². The normalized spacial score (nSPS) is 20.2. The molecule has 1 atom stereocenters. The van der Waals surface area contributed by atoms with E-state index >= 15 is 0 Å². The van der Waals surface area contributed by atoms with E-state index in [-0.39, 0.29) is 17.8 Å². The molecule has 18 heavy (non-hydrogen) atoms. The summed E-state index contributed by atoms with van der Waals surface area (Å²) in [5.74, 6) is -0.389. The maximum absolute atomic E-state index is 13.8. The van der Waals surface area contributed by atoms with Gasteiger partial charge in [0.25, 0.3) is 0 Å². The minimum atomic E-state index is -0.852. The summed E-state index contributed by atoms with van der Waals surface area (Å²) in [5, 5.41) is 0. The van der Waals surface area contributed by atoms with Crippen LogP contribution in [-0.4, -0.2) is 29.9 Å². The van der Waals surface area contributed by atoms with Gasteiger partial charge in [0.1, 0.15) is 5.82 Å². The molecule has 1 aliphatic rings. The van der Waals surface area contributed by atoms with Crippen molar-refractivity contribution >= 4 is 5.91 Å². The Hall–Kier alpha value is -1.42. The van der Waals surface area contributed by atoms with E-state index in [4.69, 9.17) is 5.73 Å². The summed E-state index contributed by atoms with van der Waals surface area (Å²) in [6.45, 7) is 4.75. The molecule has 1 heterocycles. The summed E-state index contributed by atoms with van der Waals surface area (Å²) in [5.41, 5.74) is 5.40. The number of carbonyl (C=O) groups excluding carboxylic acids is 1. The van der Waals surface area contributed by atoms with Crippen molar-refractivity contribution < 1.29 is 9.18 Å². The highest BCUT2D eigenvalue weighted by Gasteiger charge is 2.37. The van der Waals surface area contributed by atoms with E-state index in [9.17, 15) is 9.18 Å². The van der Waals surface area contributed by atoms with Crippen molar-refractivity contribution in [1.82, 2.24) is 4.90 Å². The number of amides is 1. The number of rotatable bonds is 2. The molecule has 0 aliphatic carbocycles. The Morgan fingerprint density at radius 1 is 1.44 bits per heavy atom. The molecule has 3 nitrogen and oxygen atoms in total. The number of nitrogens with zero attached hydrogens (tertiary/aromatic N) is 1. The fourth-order valence-corrected chi connectivity index (χ4v) is 2.45. The third kappa shape index (κ3) is 2.25. The van der Waals surface area contributed by atoms with E-state index in [2.05, 4.69) is 0 Å². The van der Waals surface area contributed by atoms with Crippen molar-refractivity contribution in [2.24, 2.45) is 5.73 Å². The Morgan fingerprint density at radius 2 is 2.11 bits per heavy atom. The van der Waals surface area contributed by atoms with Crippen molar-refractivity contribution in [1.29, 1.82) is 0 Å². The lowest BCUT2D eigenvalue weighted by atomic mass is 9.83. The minimum Gasteiger partial charge on any atom is -0.340 e. The predicted molar refractivity (Wildman–Crippen MR) is 68.6 cm³/mol. The number of hydrogen-bond acceptors (Lipinski definition) is 2. The fourth-order valence-electron chi connectivity index (χ4n) is 2.45. The molecule has 1 amide bonds. The molecule has 4 heteroatoms. The average molecular weight is 250 g/mol. The van der Waals surface area contributed by atoms with Gasteiger partial charge in [-0.05, 0) is 26.3 Å². The maximum atomic E-state index is 13.8. The highest BCUT2D eigenvalue weighted by atomic mass is 19.1.